The van der Waals surface area contributed by atoms with Crippen LogP contribution in [0.4, 0.5) is 4.79 Å². The van der Waals surface area contributed by atoms with Gasteiger partial charge in [0.05, 0.1) is 29.0 Å². The van der Waals surface area contributed by atoms with E-state index in [1.807, 2.05) is 91.0 Å². The SMILES string of the molecule is O=C(NCc1ccccc1)NCc1ccccc1-c1ccc([C@@H]2O[C@H](CSc3nc4ccccc4s3)C[C@H](c3ccc(CO)cc3)O2)cc1. The van der Waals surface area contributed by atoms with E-state index in [1.165, 1.54) is 4.70 Å². The first-order valence-electron chi connectivity index (χ1n) is 16.3. The molecule has 2 heterocycles. The zero-order valence-electron chi connectivity index (χ0n) is 26.8. The van der Waals surface area contributed by atoms with Gasteiger partial charge >= 0.3 is 6.03 Å². The van der Waals surface area contributed by atoms with Crippen LogP contribution in [0.3, 0.4) is 0 Å². The molecule has 7 rings (SSSR count). The number of ether oxygens (including phenoxy) is 2. The number of rotatable bonds is 11. The van der Waals surface area contributed by atoms with Crippen molar-refractivity contribution in [3.05, 3.63) is 155 Å². The third-order valence-corrected chi connectivity index (χ3v) is 10.8. The first kappa shape index (κ1) is 33.0. The number of nitrogens with one attached hydrogen (secondary N) is 2. The Bertz CT molecular complexity index is 1950. The van der Waals surface area contributed by atoms with Gasteiger partial charge in [0, 0.05) is 30.8 Å². The summed E-state index contributed by atoms with van der Waals surface area (Å²) in [6.45, 7) is 0.877. The number of aliphatic hydroxyl groups is 1. The quantitative estimate of drug-likeness (QED) is 0.118. The average molecular weight is 688 g/mol. The van der Waals surface area contributed by atoms with Crippen LogP contribution in [-0.2, 0) is 29.2 Å². The van der Waals surface area contributed by atoms with Crippen molar-refractivity contribution in [1.82, 2.24) is 15.6 Å². The molecule has 1 aliphatic heterocycles. The number of carbonyl (C=O) groups excluding carboxylic acids is 1. The molecule has 0 radical (unpaired) electrons. The van der Waals surface area contributed by atoms with Crippen molar-refractivity contribution in [2.45, 2.75) is 49.0 Å². The maximum atomic E-state index is 12.5. The lowest BCUT2D eigenvalue weighted by molar-refractivity contribution is -0.245. The largest absolute Gasteiger partial charge is 0.392 e. The van der Waals surface area contributed by atoms with Crippen molar-refractivity contribution in [2.24, 2.45) is 0 Å². The summed E-state index contributed by atoms with van der Waals surface area (Å²) >= 11 is 3.43. The van der Waals surface area contributed by atoms with Crippen LogP contribution >= 0.6 is 23.1 Å². The average Bonchev–Trinajstić information content (AvgIpc) is 3.59. The minimum Gasteiger partial charge on any atom is -0.392 e. The number of hydrogen-bond donors (Lipinski definition) is 3. The van der Waals surface area contributed by atoms with Crippen LogP contribution in [0.1, 0.15) is 46.6 Å². The number of hydrogen-bond acceptors (Lipinski definition) is 7. The van der Waals surface area contributed by atoms with E-state index in [-0.39, 0.29) is 24.8 Å². The maximum Gasteiger partial charge on any atom is 0.315 e. The van der Waals surface area contributed by atoms with Gasteiger partial charge in [-0.15, -0.1) is 11.3 Å². The normalized spacial score (nSPS) is 17.5. The Hall–Kier alpha value is -4.51. The number of thioether (sulfide) groups is 1. The Morgan fingerprint density at radius 2 is 1.49 bits per heavy atom. The van der Waals surface area contributed by atoms with Gasteiger partial charge < -0.3 is 25.2 Å². The molecule has 1 fully saturated rings. The standard InChI is InChI=1S/C40H37N3O4S2/c44-25-28-14-16-30(17-15-28)36-22-33(26-48-40-43-35-12-6-7-13-37(35)49-40)46-38(47-36)31-20-18-29(19-21-31)34-11-5-4-10-32(34)24-42-39(45)41-23-27-8-2-1-3-9-27/h1-21,33,36,38,44H,22-26H2,(H2,41,42,45)/t33-,36+,38+/m0/s1. The highest BCUT2D eigenvalue weighted by molar-refractivity contribution is 8.01. The summed E-state index contributed by atoms with van der Waals surface area (Å²) in [4.78, 5) is 17.4. The molecule has 248 valence electrons. The molecule has 1 saturated heterocycles. The first-order valence-corrected chi connectivity index (χ1v) is 18.1. The fraction of sp³-hybridized carbons (Fsp3) is 0.200. The van der Waals surface area contributed by atoms with Crippen molar-refractivity contribution in [3.8, 4) is 11.1 Å². The molecular formula is C40H37N3O4S2. The van der Waals surface area contributed by atoms with Crippen molar-refractivity contribution < 1.29 is 19.4 Å². The lowest BCUT2D eigenvalue weighted by Gasteiger charge is -2.36. The number of benzene rings is 5. The Morgan fingerprint density at radius 3 is 2.29 bits per heavy atom. The smallest absolute Gasteiger partial charge is 0.315 e. The second-order valence-corrected chi connectivity index (χ2v) is 14.2. The van der Waals surface area contributed by atoms with E-state index in [1.54, 1.807) is 23.1 Å². The van der Waals surface area contributed by atoms with Gasteiger partial charge in [-0.05, 0) is 45.5 Å². The van der Waals surface area contributed by atoms with E-state index in [4.69, 9.17) is 14.5 Å². The highest BCUT2D eigenvalue weighted by Crippen LogP contribution is 2.40. The fourth-order valence-electron chi connectivity index (χ4n) is 5.89. The predicted octanol–water partition coefficient (Wildman–Crippen LogP) is 8.79. The van der Waals surface area contributed by atoms with Gasteiger partial charge in [-0.2, -0.15) is 0 Å². The Kier molecular flexibility index (Phi) is 10.6. The van der Waals surface area contributed by atoms with Gasteiger partial charge in [-0.25, -0.2) is 9.78 Å². The van der Waals surface area contributed by atoms with Gasteiger partial charge in [0.2, 0.25) is 0 Å². The molecule has 0 saturated carbocycles. The van der Waals surface area contributed by atoms with E-state index in [9.17, 15) is 9.90 Å². The maximum absolute atomic E-state index is 12.5. The molecule has 2 amide bonds. The third kappa shape index (κ3) is 8.39. The van der Waals surface area contributed by atoms with E-state index in [2.05, 4.69) is 47.0 Å². The molecule has 1 aliphatic rings. The second kappa shape index (κ2) is 15.8. The van der Waals surface area contributed by atoms with Gasteiger partial charge in [0.1, 0.15) is 0 Å². The highest BCUT2D eigenvalue weighted by atomic mass is 32.2. The Balaban J connectivity index is 1.04. The molecule has 9 heteroatoms. The molecule has 7 nitrogen and oxygen atoms in total. The van der Waals surface area contributed by atoms with Crippen molar-refractivity contribution in [2.75, 3.05) is 5.75 Å². The number of amides is 2. The summed E-state index contributed by atoms with van der Waals surface area (Å²) < 4.78 is 15.4. The first-order chi connectivity index (χ1) is 24.1. The van der Waals surface area contributed by atoms with Gasteiger partial charge in [0.15, 0.2) is 10.6 Å². The Labute approximate surface area is 294 Å². The molecule has 0 aliphatic carbocycles. The number of thiazole rings is 1. The second-order valence-electron chi connectivity index (χ2n) is 11.9. The summed E-state index contributed by atoms with van der Waals surface area (Å²) in [6, 6.07) is 42.2. The van der Waals surface area contributed by atoms with E-state index < -0.39 is 6.29 Å². The van der Waals surface area contributed by atoms with Crippen molar-refractivity contribution in [1.29, 1.82) is 0 Å². The highest BCUT2D eigenvalue weighted by Gasteiger charge is 2.32. The van der Waals surface area contributed by atoms with E-state index in [0.29, 0.717) is 19.5 Å². The number of fused-ring (bicyclic) bond motifs is 1. The number of para-hydroxylation sites is 1. The van der Waals surface area contributed by atoms with E-state index in [0.717, 1.165) is 54.6 Å². The predicted molar refractivity (Wildman–Crippen MR) is 196 cm³/mol. The number of aromatic nitrogens is 1. The topological polar surface area (TPSA) is 92.7 Å². The molecule has 0 spiro atoms. The molecule has 3 N–H and O–H groups in total. The van der Waals surface area contributed by atoms with Crippen LogP contribution < -0.4 is 10.6 Å². The van der Waals surface area contributed by atoms with Gasteiger partial charge in [-0.3, -0.25) is 0 Å². The summed E-state index contributed by atoms with van der Waals surface area (Å²) in [6.07, 6.45) is -0.0502. The van der Waals surface area contributed by atoms with Crippen LogP contribution in [0.15, 0.2) is 132 Å². The van der Waals surface area contributed by atoms with Gasteiger partial charge in [0.25, 0.3) is 0 Å². The molecular weight excluding hydrogens is 651 g/mol. The van der Waals surface area contributed by atoms with Crippen molar-refractivity contribution >= 4 is 39.3 Å². The Morgan fingerprint density at radius 1 is 0.776 bits per heavy atom. The number of urea groups is 1. The summed E-state index contributed by atoms with van der Waals surface area (Å²) in [5, 5.41) is 15.5. The van der Waals surface area contributed by atoms with Crippen LogP contribution in [0.2, 0.25) is 0 Å². The molecule has 3 atom stereocenters. The lowest BCUT2D eigenvalue weighted by atomic mass is 9.98. The number of aliphatic hydroxyl groups excluding tert-OH is 1. The van der Waals surface area contributed by atoms with Crippen LogP contribution in [0.25, 0.3) is 21.3 Å². The summed E-state index contributed by atoms with van der Waals surface area (Å²) in [5.74, 6) is 0.752. The number of carbonyl (C=O) groups is 1. The zero-order valence-corrected chi connectivity index (χ0v) is 28.5. The van der Waals surface area contributed by atoms with Crippen LogP contribution in [0, 0.1) is 0 Å². The van der Waals surface area contributed by atoms with Gasteiger partial charge in [-0.1, -0.05) is 127 Å². The zero-order chi connectivity index (χ0) is 33.4. The number of nitrogens with zero attached hydrogens (tertiary/aromatic N) is 1. The third-order valence-electron chi connectivity index (χ3n) is 8.53. The monoisotopic (exact) mass is 687 g/mol. The molecule has 5 aromatic carbocycles. The minimum absolute atomic E-state index is 0.00592. The molecule has 1 aromatic heterocycles. The fourth-order valence-corrected chi connectivity index (χ4v) is 8.00. The summed E-state index contributed by atoms with van der Waals surface area (Å²) in [5.41, 5.74) is 8.05. The van der Waals surface area contributed by atoms with E-state index >= 15 is 0 Å². The molecule has 0 unspecified atom stereocenters. The lowest BCUT2D eigenvalue weighted by Crippen LogP contribution is -2.34. The van der Waals surface area contributed by atoms with Crippen LogP contribution in [0.5, 0.6) is 0 Å². The minimum atomic E-state index is -0.545. The molecule has 0 bridgehead atoms. The molecule has 49 heavy (non-hydrogen) atoms. The van der Waals surface area contributed by atoms with Crippen molar-refractivity contribution in [3.63, 3.8) is 0 Å². The molecule has 6 aromatic rings. The summed E-state index contributed by atoms with van der Waals surface area (Å²) in [7, 11) is 0. The van der Waals surface area contributed by atoms with Crippen LogP contribution in [-0.4, -0.2) is 28.0 Å².